The van der Waals surface area contributed by atoms with E-state index in [-0.39, 0.29) is 5.82 Å². The van der Waals surface area contributed by atoms with Gasteiger partial charge in [-0.2, -0.15) is 5.10 Å². The van der Waals surface area contributed by atoms with E-state index < -0.39 is 11.6 Å². The zero-order chi connectivity index (χ0) is 23.9. The highest BCUT2D eigenvalue weighted by molar-refractivity contribution is 6.32. The Labute approximate surface area is 200 Å². The molecule has 0 radical (unpaired) electrons. The van der Waals surface area contributed by atoms with E-state index >= 15 is 0 Å². The summed E-state index contributed by atoms with van der Waals surface area (Å²) in [6.07, 6.45) is 3.43. The van der Waals surface area contributed by atoms with Crippen LogP contribution >= 0.6 is 11.6 Å². The van der Waals surface area contributed by atoms with Crippen LogP contribution in [-0.4, -0.2) is 26.9 Å². The third-order valence-electron chi connectivity index (χ3n) is 6.19. The van der Waals surface area contributed by atoms with Crippen LogP contribution < -0.4 is 4.74 Å². The lowest BCUT2D eigenvalue weighted by molar-refractivity contribution is -0.147. The molecule has 0 amide bonds. The second-order valence-corrected chi connectivity index (χ2v) is 8.84. The van der Waals surface area contributed by atoms with Gasteiger partial charge in [0.1, 0.15) is 11.6 Å². The zero-order valence-electron chi connectivity index (χ0n) is 18.4. The van der Waals surface area contributed by atoms with Gasteiger partial charge in [0, 0.05) is 18.2 Å². The maximum atomic E-state index is 13.8. The molecule has 3 aromatic carbocycles. The van der Waals surface area contributed by atoms with Gasteiger partial charge in [0.25, 0.3) is 0 Å². The third kappa shape index (κ3) is 4.05. The van der Waals surface area contributed by atoms with Crippen molar-refractivity contribution in [3.8, 4) is 5.75 Å². The number of carbonyl (C=O) groups is 1. The van der Waals surface area contributed by atoms with E-state index in [0.717, 1.165) is 38.7 Å². The molecule has 1 fully saturated rings. The molecule has 1 aliphatic rings. The lowest BCUT2D eigenvalue weighted by Gasteiger charge is -2.18. The van der Waals surface area contributed by atoms with Crippen LogP contribution in [0, 0.1) is 5.82 Å². The fraction of sp³-hybridized carbons (Fsp3) is 0.185. The van der Waals surface area contributed by atoms with E-state index in [1.807, 2.05) is 31.2 Å². The minimum Gasteiger partial charge on any atom is -0.478 e. The van der Waals surface area contributed by atoms with E-state index in [0.29, 0.717) is 30.0 Å². The number of halogens is 2. The number of H-pyrrole nitrogens is 1. The number of carboxylic acid groups (broad SMARTS) is 1. The quantitative estimate of drug-likeness (QED) is 0.290. The maximum Gasteiger partial charge on any atom is 0.348 e. The largest absolute Gasteiger partial charge is 0.478 e. The first kappa shape index (κ1) is 22.2. The molecule has 0 saturated heterocycles. The van der Waals surface area contributed by atoms with Gasteiger partial charge in [0.05, 0.1) is 16.7 Å². The maximum absolute atomic E-state index is 13.8. The lowest BCUT2D eigenvalue weighted by Crippen LogP contribution is -2.28. The van der Waals surface area contributed by atoms with Crippen LogP contribution in [0.3, 0.4) is 0 Å². The first-order valence-electron chi connectivity index (χ1n) is 11.0. The van der Waals surface area contributed by atoms with Crippen molar-refractivity contribution in [1.82, 2.24) is 10.2 Å². The second kappa shape index (κ2) is 8.61. The SMILES string of the molecule is CCC(=C(c1ccc(OC2(C(=O)O)CC2)cc1)c1ccc2[nH]ncc2c1)c1ccc(F)cc1Cl. The van der Waals surface area contributed by atoms with E-state index in [1.54, 1.807) is 24.4 Å². The minimum absolute atomic E-state index is 0.343. The molecule has 7 heteroatoms. The Morgan fingerprint density at radius 1 is 1.12 bits per heavy atom. The number of allylic oxidation sites excluding steroid dienone is 1. The highest BCUT2D eigenvalue weighted by atomic mass is 35.5. The van der Waals surface area contributed by atoms with Crippen molar-refractivity contribution in [1.29, 1.82) is 0 Å². The Bertz CT molecular complexity index is 1420. The minimum atomic E-state index is -1.11. The zero-order valence-corrected chi connectivity index (χ0v) is 19.2. The standard InChI is InChI=1S/C27H22ClFN2O3/c1-2-21(22-9-6-19(29)14-23(22)28)25(17-5-10-24-18(13-17)15-30-31-24)16-3-7-20(8-4-16)34-27(11-12-27)26(32)33/h3-10,13-15H,2,11-12H2,1H3,(H,30,31)(H,32,33). The van der Waals surface area contributed by atoms with E-state index in [4.69, 9.17) is 16.3 Å². The van der Waals surface area contributed by atoms with Crippen molar-refractivity contribution in [2.45, 2.75) is 31.8 Å². The van der Waals surface area contributed by atoms with Gasteiger partial charge in [0.15, 0.2) is 0 Å². The monoisotopic (exact) mass is 476 g/mol. The molecule has 4 aromatic rings. The highest BCUT2D eigenvalue weighted by Gasteiger charge is 2.53. The first-order chi connectivity index (χ1) is 16.4. The van der Waals surface area contributed by atoms with Crippen LogP contribution in [-0.2, 0) is 4.79 Å². The average molecular weight is 477 g/mol. The Balaban J connectivity index is 1.65. The second-order valence-electron chi connectivity index (χ2n) is 8.43. The van der Waals surface area contributed by atoms with Crippen molar-refractivity contribution in [3.63, 3.8) is 0 Å². The number of benzene rings is 3. The van der Waals surface area contributed by atoms with Crippen LogP contribution in [0.4, 0.5) is 4.39 Å². The molecule has 172 valence electrons. The number of nitrogens with zero attached hydrogens (tertiary/aromatic N) is 1. The number of aromatic amines is 1. The van der Waals surface area contributed by atoms with Crippen LogP contribution in [0.15, 0.2) is 66.9 Å². The number of carboxylic acids is 1. The number of rotatable bonds is 7. The number of hydrogen-bond acceptors (Lipinski definition) is 3. The van der Waals surface area contributed by atoms with Crippen LogP contribution in [0.1, 0.15) is 42.9 Å². The molecule has 5 nitrogen and oxygen atoms in total. The first-order valence-corrected chi connectivity index (χ1v) is 11.4. The summed E-state index contributed by atoms with van der Waals surface area (Å²) in [6, 6.07) is 17.9. The topological polar surface area (TPSA) is 75.2 Å². The van der Waals surface area contributed by atoms with E-state index in [1.165, 1.54) is 12.1 Å². The number of fused-ring (bicyclic) bond motifs is 1. The summed E-state index contributed by atoms with van der Waals surface area (Å²) in [6.45, 7) is 2.03. The molecule has 2 N–H and O–H groups in total. The predicted molar refractivity (Wildman–Crippen MR) is 130 cm³/mol. The van der Waals surface area contributed by atoms with Gasteiger partial charge in [-0.05, 0) is 70.7 Å². The molecule has 1 aromatic heterocycles. The number of aliphatic carboxylic acids is 1. The number of ether oxygens (including phenoxy) is 1. The Hall–Kier alpha value is -3.64. The Morgan fingerprint density at radius 2 is 1.85 bits per heavy atom. The predicted octanol–water partition coefficient (Wildman–Crippen LogP) is 6.72. The molecule has 5 rings (SSSR count). The lowest BCUT2D eigenvalue weighted by atomic mass is 9.87. The van der Waals surface area contributed by atoms with Gasteiger partial charge < -0.3 is 9.84 Å². The van der Waals surface area contributed by atoms with Gasteiger partial charge in [-0.3, -0.25) is 5.10 Å². The van der Waals surface area contributed by atoms with Gasteiger partial charge >= 0.3 is 5.97 Å². The molecule has 1 aliphatic carbocycles. The third-order valence-corrected chi connectivity index (χ3v) is 6.50. The van der Waals surface area contributed by atoms with Crippen LogP contribution in [0.2, 0.25) is 5.02 Å². The van der Waals surface area contributed by atoms with Crippen molar-refractivity contribution < 1.29 is 19.0 Å². The number of hydrogen-bond donors (Lipinski definition) is 2. The molecule has 0 atom stereocenters. The molecule has 34 heavy (non-hydrogen) atoms. The van der Waals surface area contributed by atoms with E-state index in [2.05, 4.69) is 16.3 Å². The normalized spacial score (nSPS) is 15.1. The van der Waals surface area contributed by atoms with Crippen molar-refractivity contribution in [2.75, 3.05) is 0 Å². The summed E-state index contributed by atoms with van der Waals surface area (Å²) in [7, 11) is 0. The van der Waals surface area contributed by atoms with Crippen molar-refractivity contribution in [3.05, 3.63) is 94.4 Å². The summed E-state index contributed by atoms with van der Waals surface area (Å²) in [5, 5.41) is 17.8. The molecule has 0 bridgehead atoms. The molecule has 0 spiro atoms. The fourth-order valence-electron chi connectivity index (χ4n) is 4.24. The summed E-state index contributed by atoms with van der Waals surface area (Å²) in [4.78, 5) is 11.5. The van der Waals surface area contributed by atoms with Gasteiger partial charge in [0.2, 0.25) is 5.60 Å². The average Bonchev–Trinajstić information content (AvgIpc) is 3.46. The van der Waals surface area contributed by atoms with Crippen LogP contribution in [0.25, 0.3) is 22.0 Å². The smallest absolute Gasteiger partial charge is 0.348 e. The molecule has 0 unspecified atom stereocenters. The summed E-state index contributed by atoms with van der Waals surface area (Å²) in [5.41, 5.74) is 4.36. The van der Waals surface area contributed by atoms with Crippen LogP contribution in [0.5, 0.6) is 5.75 Å². The molecule has 0 aliphatic heterocycles. The molecular weight excluding hydrogens is 455 g/mol. The Morgan fingerprint density at radius 3 is 2.50 bits per heavy atom. The highest BCUT2D eigenvalue weighted by Crippen LogP contribution is 2.42. The molecular formula is C27H22ClFN2O3. The van der Waals surface area contributed by atoms with Gasteiger partial charge in [-0.15, -0.1) is 0 Å². The van der Waals surface area contributed by atoms with E-state index in [9.17, 15) is 14.3 Å². The summed E-state index contributed by atoms with van der Waals surface area (Å²) >= 11 is 6.47. The molecule has 1 heterocycles. The van der Waals surface area contributed by atoms with Gasteiger partial charge in [-0.1, -0.05) is 42.8 Å². The number of nitrogens with one attached hydrogen (secondary N) is 1. The van der Waals surface area contributed by atoms with Gasteiger partial charge in [-0.25, -0.2) is 9.18 Å². The van der Waals surface area contributed by atoms with Crippen molar-refractivity contribution >= 4 is 39.6 Å². The summed E-state index contributed by atoms with van der Waals surface area (Å²) < 4.78 is 19.6. The summed E-state index contributed by atoms with van der Waals surface area (Å²) in [5.74, 6) is -0.824. The number of aromatic nitrogens is 2. The van der Waals surface area contributed by atoms with Crippen molar-refractivity contribution in [2.24, 2.45) is 0 Å². The Kier molecular flexibility index (Phi) is 5.62. The molecule has 1 saturated carbocycles. The fourth-order valence-corrected chi connectivity index (χ4v) is 4.52.